The third-order valence-corrected chi connectivity index (χ3v) is 4.58. The number of β-amino-alcohol motifs (C(OH)–C–C–N with tert-alkyl or cyclic N) is 1. The van der Waals surface area contributed by atoms with Gasteiger partial charge in [-0.1, -0.05) is 11.3 Å². The average Bonchev–Trinajstić information content (AvgIpc) is 3.41. The van der Waals surface area contributed by atoms with E-state index in [-0.39, 0.29) is 12.5 Å². The zero-order valence-electron chi connectivity index (χ0n) is 14.4. The number of imidazole rings is 1. The Morgan fingerprint density at radius 1 is 1.22 bits per heavy atom. The first kappa shape index (κ1) is 15.8. The lowest BCUT2D eigenvalue weighted by atomic mass is 10.1. The third-order valence-electron chi connectivity index (χ3n) is 4.58. The second kappa shape index (κ2) is 6.40. The highest BCUT2D eigenvalue weighted by Gasteiger charge is 2.22. The molecule has 4 aromatic rings. The van der Waals surface area contributed by atoms with E-state index in [0.717, 1.165) is 16.9 Å². The highest BCUT2D eigenvalue weighted by atomic mass is 16.3. The molecule has 5 heterocycles. The van der Waals surface area contributed by atoms with Crippen LogP contribution in [-0.4, -0.2) is 70.4 Å². The van der Waals surface area contributed by atoms with Crippen molar-refractivity contribution >= 4 is 23.2 Å². The Labute approximate surface area is 153 Å². The molecule has 0 bridgehead atoms. The van der Waals surface area contributed by atoms with Crippen molar-refractivity contribution in [1.82, 2.24) is 39.4 Å². The van der Waals surface area contributed by atoms with Crippen molar-refractivity contribution in [3.05, 3.63) is 48.2 Å². The van der Waals surface area contributed by atoms with Gasteiger partial charge < -0.3 is 9.51 Å². The number of aliphatic hydroxyl groups excluding tert-OH is 1. The molecule has 10 heteroatoms. The molecule has 1 aliphatic heterocycles. The SMILES string of the molecule is OCCN1CC(c2cnc3nnn(Cc4ccc5nccn5c4)c3n2)C=N1. The van der Waals surface area contributed by atoms with Gasteiger partial charge in [0.2, 0.25) is 5.65 Å². The Kier molecular flexibility index (Phi) is 3.75. The molecule has 1 unspecified atom stereocenters. The van der Waals surface area contributed by atoms with Gasteiger partial charge in [0.1, 0.15) is 5.65 Å². The van der Waals surface area contributed by atoms with Crippen molar-refractivity contribution in [3.8, 4) is 0 Å². The number of hydrogen-bond acceptors (Lipinski definition) is 8. The van der Waals surface area contributed by atoms with E-state index in [9.17, 15) is 0 Å². The Morgan fingerprint density at radius 3 is 3.11 bits per heavy atom. The molecule has 10 nitrogen and oxygen atoms in total. The van der Waals surface area contributed by atoms with Crippen molar-refractivity contribution in [2.75, 3.05) is 19.7 Å². The van der Waals surface area contributed by atoms with E-state index in [0.29, 0.717) is 30.9 Å². The number of rotatable bonds is 5. The average molecular weight is 363 g/mol. The van der Waals surface area contributed by atoms with Crippen LogP contribution in [0.3, 0.4) is 0 Å². The number of pyridine rings is 1. The predicted molar refractivity (Wildman–Crippen MR) is 97.3 cm³/mol. The molecule has 0 fully saturated rings. The molecule has 27 heavy (non-hydrogen) atoms. The molecule has 0 amide bonds. The molecule has 0 radical (unpaired) electrons. The van der Waals surface area contributed by atoms with E-state index in [1.807, 2.05) is 40.2 Å². The minimum absolute atomic E-state index is 0.0408. The van der Waals surface area contributed by atoms with Gasteiger partial charge in [0.15, 0.2) is 5.65 Å². The number of nitrogens with zero attached hydrogens (tertiary/aromatic N) is 9. The molecule has 0 aromatic carbocycles. The van der Waals surface area contributed by atoms with Crippen molar-refractivity contribution in [2.24, 2.45) is 5.10 Å². The quantitative estimate of drug-likeness (QED) is 0.543. The number of hydrazone groups is 1. The highest BCUT2D eigenvalue weighted by molar-refractivity contribution is 5.71. The normalized spacial score (nSPS) is 16.8. The molecule has 4 aromatic heterocycles. The van der Waals surface area contributed by atoms with Crippen LogP contribution >= 0.6 is 0 Å². The summed E-state index contributed by atoms with van der Waals surface area (Å²) >= 11 is 0. The maximum atomic E-state index is 9.06. The van der Waals surface area contributed by atoms with Crippen LogP contribution in [0.4, 0.5) is 0 Å². The van der Waals surface area contributed by atoms with Crippen LogP contribution in [0, 0.1) is 0 Å². The van der Waals surface area contributed by atoms with Gasteiger partial charge in [-0.15, -0.1) is 5.10 Å². The molecular formula is C17H17N9O. The molecule has 1 N–H and O–H groups in total. The molecule has 0 spiro atoms. The lowest BCUT2D eigenvalue weighted by Crippen LogP contribution is -2.21. The summed E-state index contributed by atoms with van der Waals surface area (Å²) in [6.45, 7) is 1.81. The van der Waals surface area contributed by atoms with Gasteiger partial charge in [0.05, 0.1) is 37.5 Å². The van der Waals surface area contributed by atoms with E-state index in [1.54, 1.807) is 17.1 Å². The van der Waals surface area contributed by atoms with Gasteiger partial charge in [-0.25, -0.2) is 19.6 Å². The fraction of sp³-hybridized carbons (Fsp3) is 0.294. The minimum Gasteiger partial charge on any atom is -0.394 e. The second-order valence-electron chi connectivity index (χ2n) is 6.43. The minimum atomic E-state index is 0.0408. The van der Waals surface area contributed by atoms with Gasteiger partial charge in [0.25, 0.3) is 0 Å². The highest BCUT2D eigenvalue weighted by Crippen LogP contribution is 2.20. The molecule has 0 saturated carbocycles. The van der Waals surface area contributed by atoms with Gasteiger partial charge in [0, 0.05) is 31.3 Å². The van der Waals surface area contributed by atoms with Crippen LogP contribution in [0.15, 0.2) is 42.0 Å². The van der Waals surface area contributed by atoms with Crippen LogP contribution in [0.1, 0.15) is 17.2 Å². The smallest absolute Gasteiger partial charge is 0.221 e. The number of fused-ring (bicyclic) bond motifs is 2. The van der Waals surface area contributed by atoms with Crippen molar-refractivity contribution in [2.45, 2.75) is 12.5 Å². The Morgan fingerprint density at radius 2 is 2.19 bits per heavy atom. The van der Waals surface area contributed by atoms with Gasteiger partial charge in [-0.2, -0.15) is 5.10 Å². The van der Waals surface area contributed by atoms with Crippen LogP contribution < -0.4 is 0 Å². The van der Waals surface area contributed by atoms with E-state index < -0.39 is 0 Å². The number of aliphatic hydroxyl groups is 1. The second-order valence-corrected chi connectivity index (χ2v) is 6.43. The summed E-state index contributed by atoms with van der Waals surface area (Å²) in [6, 6.07) is 3.99. The van der Waals surface area contributed by atoms with Crippen molar-refractivity contribution < 1.29 is 5.11 Å². The summed E-state index contributed by atoms with van der Waals surface area (Å²) in [6.07, 6.45) is 9.26. The topological polar surface area (TPSA) is 110 Å². The van der Waals surface area contributed by atoms with Crippen LogP contribution in [0.2, 0.25) is 0 Å². The standard InChI is InChI=1S/C17H17N9O/c27-6-5-25-11-13(7-20-25)14-8-19-16-17(21-14)26(23-22-16)10-12-1-2-15-18-3-4-24(15)9-12/h1-4,7-9,13,27H,5-6,10-11H2. The fourth-order valence-corrected chi connectivity index (χ4v) is 3.22. The van der Waals surface area contributed by atoms with Crippen LogP contribution in [0.5, 0.6) is 0 Å². The summed E-state index contributed by atoms with van der Waals surface area (Å²) in [7, 11) is 0. The summed E-state index contributed by atoms with van der Waals surface area (Å²) in [5.41, 5.74) is 3.95. The molecule has 1 aliphatic rings. The van der Waals surface area contributed by atoms with E-state index in [4.69, 9.17) is 10.1 Å². The van der Waals surface area contributed by atoms with E-state index in [2.05, 4.69) is 25.4 Å². The molecule has 0 aliphatic carbocycles. The van der Waals surface area contributed by atoms with Crippen LogP contribution in [0.25, 0.3) is 16.9 Å². The lowest BCUT2D eigenvalue weighted by molar-refractivity contribution is 0.210. The summed E-state index contributed by atoms with van der Waals surface area (Å²) in [4.78, 5) is 13.4. The Hall–Kier alpha value is -3.40. The zero-order chi connectivity index (χ0) is 18.2. The lowest BCUT2D eigenvalue weighted by Gasteiger charge is -2.13. The van der Waals surface area contributed by atoms with Crippen molar-refractivity contribution in [1.29, 1.82) is 0 Å². The molecule has 1 atom stereocenters. The van der Waals surface area contributed by atoms with Gasteiger partial charge in [-0.05, 0) is 11.6 Å². The Balaban J connectivity index is 1.44. The Bertz CT molecular complexity index is 1130. The number of aromatic nitrogens is 7. The van der Waals surface area contributed by atoms with Crippen molar-refractivity contribution in [3.63, 3.8) is 0 Å². The first-order valence-corrected chi connectivity index (χ1v) is 8.68. The molecule has 0 saturated heterocycles. The van der Waals surface area contributed by atoms with Gasteiger partial charge in [-0.3, -0.25) is 5.01 Å². The largest absolute Gasteiger partial charge is 0.394 e. The first-order valence-electron chi connectivity index (χ1n) is 8.68. The fourth-order valence-electron chi connectivity index (χ4n) is 3.22. The summed E-state index contributed by atoms with van der Waals surface area (Å²) in [5.74, 6) is 0.0408. The zero-order valence-corrected chi connectivity index (χ0v) is 14.4. The first-order chi connectivity index (χ1) is 13.3. The predicted octanol–water partition coefficient (Wildman–Crippen LogP) is 0.295. The van der Waals surface area contributed by atoms with Crippen LogP contribution in [-0.2, 0) is 6.54 Å². The van der Waals surface area contributed by atoms with E-state index >= 15 is 0 Å². The number of hydrogen-bond donors (Lipinski definition) is 1. The molecule has 136 valence electrons. The monoisotopic (exact) mass is 363 g/mol. The summed E-state index contributed by atoms with van der Waals surface area (Å²) in [5, 5.41) is 23.5. The van der Waals surface area contributed by atoms with E-state index in [1.165, 1.54) is 0 Å². The van der Waals surface area contributed by atoms with Gasteiger partial charge >= 0.3 is 0 Å². The molecular weight excluding hydrogens is 346 g/mol. The molecule has 5 rings (SSSR count). The maximum absolute atomic E-state index is 9.06. The third kappa shape index (κ3) is 2.89. The summed E-state index contributed by atoms with van der Waals surface area (Å²) < 4.78 is 3.72. The maximum Gasteiger partial charge on any atom is 0.221 e.